The molecular weight excluding hydrogens is 295 g/mol. The number of carbonyl (C=O) groups excluding carboxylic acids is 1. The van der Waals surface area contributed by atoms with Crippen molar-refractivity contribution >= 4 is 27.2 Å². The van der Waals surface area contributed by atoms with Crippen molar-refractivity contribution < 1.29 is 17.6 Å². The second-order valence-electron chi connectivity index (χ2n) is 4.40. The van der Waals surface area contributed by atoms with Crippen LogP contribution in [0.15, 0.2) is 47.4 Å². The lowest BCUT2D eigenvalue weighted by atomic mass is 10.1. The van der Waals surface area contributed by atoms with Crippen LogP contribution < -0.4 is 10.5 Å². The smallest absolute Gasteiger partial charge is 0.266 e. The minimum atomic E-state index is -4.14. The fourth-order valence-corrected chi connectivity index (χ4v) is 3.04. The maximum absolute atomic E-state index is 13.7. The lowest BCUT2D eigenvalue weighted by molar-refractivity contribution is 0.101. The number of benzene rings is 2. The van der Waals surface area contributed by atoms with Gasteiger partial charge < -0.3 is 5.73 Å². The monoisotopic (exact) mass is 308 g/mol. The number of hydrogen-bond donors (Lipinski definition) is 2. The molecule has 2 aromatic rings. The summed E-state index contributed by atoms with van der Waals surface area (Å²) in [7, 11) is -4.14. The van der Waals surface area contributed by atoms with E-state index in [9.17, 15) is 17.6 Å². The molecule has 7 heteroatoms. The van der Waals surface area contributed by atoms with Crippen LogP contribution in [0.1, 0.15) is 17.3 Å². The van der Waals surface area contributed by atoms with E-state index in [-0.39, 0.29) is 17.2 Å². The molecule has 0 aliphatic carbocycles. The molecule has 0 radical (unpaired) electrons. The summed E-state index contributed by atoms with van der Waals surface area (Å²) in [4.78, 5) is 10.6. The Labute approximate surface area is 121 Å². The zero-order valence-corrected chi connectivity index (χ0v) is 11.9. The molecule has 0 saturated heterocycles. The third kappa shape index (κ3) is 3.19. The van der Waals surface area contributed by atoms with Gasteiger partial charge in [0.15, 0.2) is 5.78 Å². The second-order valence-corrected chi connectivity index (χ2v) is 6.02. The van der Waals surface area contributed by atoms with Gasteiger partial charge in [-0.15, -0.1) is 0 Å². The van der Waals surface area contributed by atoms with Gasteiger partial charge in [0.25, 0.3) is 10.0 Å². The quantitative estimate of drug-likeness (QED) is 0.670. The van der Waals surface area contributed by atoms with Crippen molar-refractivity contribution in [2.24, 2.45) is 0 Å². The van der Waals surface area contributed by atoms with Crippen LogP contribution in [0.2, 0.25) is 0 Å². The van der Waals surface area contributed by atoms with Gasteiger partial charge in [0.05, 0.1) is 5.69 Å². The Morgan fingerprint density at radius 2 is 1.76 bits per heavy atom. The van der Waals surface area contributed by atoms with Crippen LogP contribution in [0.3, 0.4) is 0 Å². The molecule has 0 aromatic heterocycles. The number of rotatable bonds is 4. The predicted octanol–water partition coefficient (Wildman–Crippen LogP) is 2.41. The zero-order chi connectivity index (χ0) is 15.6. The average molecular weight is 308 g/mol. The lowest BCUT2D eigenvalue weighted by Crippen LogP contribution is -2.16. The molecule has 21 heavy (non-hydrogen) atoms. The van der Waals surface area contributed by atoms with Gasteiger partial charge in [-0.25, -0.2) is 12.8 Å². The standard InChI is InChI=1S/C14H13FN2O3S/c1-9(18)10-5-7-11(8-6-10)17-21(19,20)14-12(15)3-2-4-13(14)16/h2-8,17H,16H2,1H3. The predicted molar refractivity (Wildman–Crippen MR) is 78.1 cm³/mol. The summed E-state index contributed by atoms with van der Waals surface area (Å²) >= 11 is 0. The van der Waals surface area contributed by atoms with E-state index in [0.717, 1.165) is 6.07 Å². The third-order valence-electron chi connectivity index (χ3n) is 2.81. The van der Waals surface area contributed by atoms with Crippen LogP contribution >= 0.6 is 0 Å². The zero-order valence-electron chi connectivity index (χ0n) is 11.1. The Hall–Kier alpha value is -2.41. The van der Waals surface area contributed by atoms with Crippen LogP contribution in [-0.4, -0.2) is 14.2 Å². The van der Waals surface area contributed by atoms with Crippen LogP contribution in [0.25, 0.3) is 0 Å². The van der Waals surface area contributed by atoms with Crippen molar-refractivity contribution in [1.82, 2.24) is 0 Å². The van der Waals surface area contributed by atoms with Gasteiger partial charge in [-0.1, -0.05) is 6.07 Å². The van der Waals surface area contributed by atoms with E-state index in [1.54, 1.807) is 0 Å². The summed E-state index contributed by atoms with van der Waals surface area (Å²) in [5, 5.41) is 0. The Morgan fingerprint density at radius 3 is 2.29 bits per heavy atom. The van der Waals surface area contributed by atoms with Crippen molar-refractivity contribution in [3.63, 3.8) is 0 Å². The first-order valence-corrected chi connectivity index (χ1v) is 7.47. The number of nitrogens with one attached hydrogen (secondary N) is 1. The number of ketones is 1. The van der Waals surface area contributed by atoms with Gasteiger partial charge >= 0.3 is 0 Å². The van der Waals surface area contributed by atoms with Crippen LogP contribution in [-0.2, 0) is 10.0 Å². The van der Waals surface area contributed by atoms with Gasteiger partial charge in [-0.05, 0) is 43.3 Å². The number of carbonyl (C=O) groups is 1. The highest BCUT2D eigenvalue weighted by Gasteiger charge is 2.22. The summed E-state index contributed by atoms with van der Waals surface area (Å²) < 4.78 is 40.2. The first-order valence-electron chi connectivity index (χ1n) is 5.99. The maximum Gasteiger partial charge on any atom is 0.266 e. The SMILES string of the molecule is CC(=O)c1ccc(NS(=O)(=O)c2c(N)cccc2F)cc1. The Bertz CT molecular complexity index is 766. The van der Waals surface area contributed by atoms with Gasteiger partial charge in [-0.3, -0.25) is 9.52 Å². The van der Waals surface area contributed by atoms with Gasteiger partial charge in [0, 0.05) is 11.3 Å². The fraction of sp³-hybridized carbons (Fsp3) is 0.0714. The van der Waals surface area contributed by atoms with E-state index in [1.165, 1.54) is 43.3 Å². The highest BCUT2D eigenvalue weighted by molar-refractivity contribution is 7.92. The van der Waals surface area contributed by atoms with E-state index in [2.05, 4.69) is 4.72 Å². The number of nitrogen functional groups attached to an aromatic ring is 1. The topological polar surface area (TPSA) is 89.3 Å². The molecule has 2 rings (SSSR count). The fourth-order valence-electron chi connectivity index (χ4n) is 1.79. The maximum atomic E-state index is 13.7. The van der Waals surface area contributed by atoms with E-state index in [1.807, 2.05) is 0 Å². The minimum absolute atomic E-state index is 0.136. The Morgan fingerprint density at radius 1 is 1.14 bits per heavy atom. The second kappa shape index (κ2) is 5.53. The summed E-state index contributed by atoms with van der Waals surface area (Å²) in [5.74, 6) is -1.06. The number of halogens is 1. The van der Waals surface area contributed by atoms with Crippen molar-refractivity contribution in [3.8, 4) is 0 Å². The first kappa shape index (κ1) is 15.0. The number of nitrogens with two attached hydrogens (primary N) is 1. The molecule has 0 aliphatic heterocycles. The van der Waals surface area contributed by atoms with Gasteiger partial charge in [0.1, 0.15) is 10.7 Å². The number of sulfonamides is 1. The highest BCUT2D eigenvalue weighted by Crippen LogP contribution is 2.24. The number of anilines is 2. The summed E-state index contributed by atoms with van der Waals surface area (Å²) in [6.45, 7) is 1.40. The average Bonchev–Trinajstić information content (AvgIpc) is 2.38. The molecule has 0 bridgehead atoms. The molecule has 2 aromatic carbocycles. The number of Topliss-reactive ketones (excluding diaryl/α,β-unsaturated/α-hetero) is 1. The van der Waals surface area contributed by atoms with E-state index in [4.69, 9.17) is 5.73 Å². The molecule has 0 heterocycles. The van der Waals surface area contributed by atoms with Crippen LogP contribution in [0, 0.1) is 5.82 Å². The molecule has 0 atom stereocenters. The van der Waals surface area contributed by atoms with E-state index < -0.39 is 20.7 Å². The lowest BCUT2D eigenvalue weighted by Gasteiger charge is -2.11. The molecule has 5 nitrogen and oxygen atoms in total. The molecule has 0 unspecified atom stereocenters. The molecular formula is C14H13FN2O3S. The largest absolute Gasteiger partial charge is 0.398 e. The first-order chi connectivity index (χ1) is 9.81. The molecule has 0 fully saturated rings. The molecule has 0 aliphatic rings. The van der Waals surface area contributed by atoms with Crippen LogP contribution in [0.4, 0.5) is 15.8 Å². The number of hydrogen-bond acceptors (Lipinski definition) is 4. The Balaban J connectivity index is 2.35. The van der Waals surface area contributed by atoms with E-state index in [0.29, 0.717) is 5.56 Å². The van der Waals surface area contributed by atoms with Crippen LogP contribution in [0.5, 0.6) is 0 Å². The minimum Gasteiger partial charge on any atom is -0.398 e. The molecule has 110 valence electrons. The molecule has 0 saturated carbocycles. The van der Waals surface area contributed by atoms with Crippen molar-refractivity contribution in [2.45, 2.75) is 11.8 Å². The van der Waals surface area contributed by atoms with Crippen molar-refractivity contribution in [3.05, 3.63) is 53.8 Å². The van der Waals surface area contributed by atoms with Gasteiger partial charge in [0.2, 0.25) is 0 Å². The summed E-state index contributed by atoms with van der Waals surface area (Å²) in [6, 6.07) is 9.44. The summed E-state index contributed by atoms with van der Waals surface area (Å²) in [6.07, 6.45) is 0. The highest BCUT2D eigenvalue weighted by atomic mass is 32.2. The molecule has 3 N–H and O–H groups in total. The van der Waals surface area contributed by atoms with Crippen molar-refractivity contribution in [2.75, 3.05) is 10.5 Å². The molecule has 0 amide bonds. The normalized spacial score (nSPS) is 11.1. The van der Waals surface area contributed by atoms with Gasteiger partial charge in [-0.2, -0.15) is 0 Å². The van der Waals surface area contributed by atoms with Crippen molar-refractivity contribution in [1.29, 1.82) is 0 Å². The van der Waals surface area contributed by atoms with E-state index >= 15 is 0 Å². The third-order valence-corrected chi connectivity index (χ3v) is 4.28. The Kier molecular flexibility index (Phi) is 3.95. The summed E-state index contributed by atoms with van der Waals surface area (Å²) in [5.41, 5.74) is 6.00. The molecule has 0 spiro atoms.